The number of carbonyl (C=O) groups is 1. The molecule has 1 N–H and O–H groups in total. The largest absolute Gasteiger partial charge is 0.395 e. The molecule has 0 aliphatic heterocycles. The molecule has 5 nitrogen and oxygen atoms in total. The third-order valence-electron chi connectivity index (χ3n) is 4.02. The minimum Gasteiger partial charge on any atom is -0.395 e. The van der Waals surface area contributed by atoms with Crippen molar-refractivity contribution in [3.05, 3.63) is 46.7 Å². The Morgan fingerprint density at radius 2 is 2.17 bits per heavy atom. The van der Waals surface area contributed by atoms with Crippen LogP contribution in [0.1, 0.15) is 29.0 Å². The third kappa shape index (κ3) is 3.57. The van der Waals surface area contributed by atoms with Crippen LogP contribution in [0.2, 0.25) is 5.02 Å². The van der Waals surface area contributed by atoms with Crippen LogP contribution in [0.4, 0.5) is 0 Å². The summed E-state index contributed by atoms with van der Waals surface area (Å²) in [5.74, 6) is 0.428. The van der Waals surface area contributed by atoms with Crippen molar-refractivity contribution in [1.29, 1.82) is 0 Å². The molecule has 1 amide bonds. The predicted octanol–water partition coefficient (Wildman–Crippen LogP) is 2.68. The molecule has 1 fully saturated rings. The van der Waals surface area contributed by atoms with Gasteiger partial charge in [0.25, 0.3) is 5.91 Å². The van der Waals surface area contributed by atoms with Crippen LogP contribution in [0.25, 0.3) is 5.69 Å². The van der Waals surface area contributed by atoms with Gasteiger partial charge in [0, 0.05) is 18.8 Å². The first-order valence-corrected chi connectivity index (χ1v) is 8.19. The number of aryl methyl sites for hydroxylation is 1. The van der Waals surface area contributed by atoms with Gasteiger partial charge in [-0.3, -0.25) is 4.79 Å². The van der Waals surface area contributed by atoms with Crippen molar-refractivity contribution in [3.8, 4) is 5.69 Å². The molecule has 0 saturated heterocycles. The lowest BCUT2D eigenvalue weighted by Gasteiger charge is -2.20. The molecule has 0 atom stereocenters. The summed E-state index contributed by atoms with van der Waals surface area (Å²) in [5.41, 5.74) is 1.98. The van der Waals surface area contributed by atoms with E-state index in [4.69, 9.17) is 11.6 Å². The molecule has 1 aliphatic carbocycles. The number of amides is 1. The van der Waals surface area contributed by atoms with Crippen molar-refractivity contribution in [2.45, 2.75) is 19.8 Å². The van der Waals surface area contributed by atoms with Gasteiger partial charge in [-0.05, 0) is 43.9 Å². The molecule has 6 heteroatoms. The SMILES string of the molecule is Cc1cc(C(=O)N(CCO)CC2CC2)nn1-c1ccccc1Cl. The number of nitrogens with zero attached hydrogens (tertiary/aromatic N) is 3. The van der Waals surface area contributed by atoms with Crippen molar-refractivity contribution < 1.29 is 9.90 Å². The van der Waals surface area contributed by atoms with Gasteiger partial charge in [-0.25, -0.2) is 4.68 Å². The molecule has 1 aromatic heterocycles. The Morgan fingerprint density at radius 1 is 1.43 bits per heavy atom. The number of hydrogen-bond acceptors (Lipinski definition) is 3. The average Bonchev–Trinajstić information content (AvgIpc) is 3.27. The summed E-state index contributed by atoms with van der Waals surface area (Å²) < 4.78 is 1.68. The molecule has 1 heterocycles. The summed E-state index contributed by atoms with van der Waals surface area (Å²) in [4.78, 5) is 14.4. The predicted molar refractivity (Wildman–Crippen MR) is 89.0 cm³/mol. The average molecular weight is 334 g/mol. The number of halogens is 1. The van der Waals surface area contributed by atoms with Gasteiger partial charge in [0.2, 0.25) is 0 Å². The standard InChI is InChI=1S/C17H20ClN3O2/c1-12-10-15(17(23)20(8-9-22)11-13-6-7-13)19-21(12)16-5-3-2-4-14(16)18/h2-5,10,13,22H,6-9,11H2,1H3. The van der Waals surface area contributed by atoms with E-state index in [1.54, 1.807) is 21.7 Å². The molecule has 0 spiro atoms. The Bertz CT molecular complexity index is 710. The molecule has 1 aromatic carbocycles. The quantitative estimate of drug-likeness (QED) is 0.884. The van der Waals surface area contributed by atoms with E-state index in [0.717, 1.165) is 24.2 Å². The summed E-state index contributed by atoms with van der Waals surface area (Å²) in [6.45, 7) is 2.89. The summed E-state index contributed by atoms with van der Waals surface area (Å²) in [5, 5.41) is 14.2. The molecule has 23 heavy (non-hydrogen) atoms. The lowest BCUT2D eigenvalue weighted by Crippen LogP contribution is -2.35. The van der Waals surface area contributed by atoms with Gasteiger partial charge in [0.1, 0.15) is 0 Å². The van der Waals surface area contributed by atoms with Crippen molar-refractivity contribution in [2.24, 2.45) is 5.92 Å². The molecule has 1 saturated carbocycles. The molecule has 0 radical (unpaired) electrons. The zero-order chi connectivity index (χ0) is 16.4. The fourth-order valence-electron chi connectivity index (χ4n) is 2.62. The van der Waals surface area contributed by atoms with Gasteiger partial charge >= 0.3 is 0 Å². The number of rotatable bonds is 6. The number of aromatic nitrogens is 2. The zero-order valence-electron chi connectivity index (χ0n) is 13.1. The first-order valence-electron chi connectivity index (χ1n) is 7.82. The molecule has 122 valence electrons. The Kier molecular flexibility index (Phi) is 4.68. The highest BCUT2D eigenvalue weighted by Crippen LogP contribution is 2.30. The van der Waals surface area contributed by atoms with E-state index in [1.165, 1.54) is 0 Å². The van der Waals surface area contributed by atoms with Gasteiger partial charge in [0.05, 0.1) is 17.3 Å². The van der Waals surface area contributed by atoms with Crippen molar-refractivity contribution >= 4 is 17.5 Å². The van der Waals surface area contributed by atoms with E-state index in [2.05, 4.69) is 5.10 Å². The van der Waals surface area contributed by atoms with Crippen LogP contribution in [-0.4, -0.2) is 45.4 Å². The molecule has 3 rings (SSSR count). The fourth-order valence-corrected chi connectivity index (χ4v) is 2.83. The zero-order valence-corrected chi connectivity index (χ0v) is 13.8. The summed E-state index contributed by atoms with van der Waals surface area (Å²) in [7, 11) is 0. The van der Waals surface area contributed by atoms with Gasteiger partial charge in [-0.1, -0.05) is 23.7 Å². The second kappa shape index (κ2) is 6.72. The van der Waals surface area contributed by atoms with Crippen LogP contribution < -0.4 is 0 Å². The molecular formula is C17H20ClN3O2. The van der Waals surface area contributed by atoms with Crippen molar-refractivity contribution in [1.82, 2.24) is 14.7 Å². The normalized spacial score (nSPS) is 14.0. The third-order valence-corrected chi connectivity index (χ3v) is 4.34. The van der Waals surface area contributed by atoms with E-state index in [9.17, 15) is 9.90 Å². The summed E-state index contributed by atoms with van der Waals surface area (Å²) in [6.07, 6.45) is 2.31. The van der Waals surface area contributed by atoms with Gasteiger partial charge in [0.15, 0.2) is 5.69 Å². The Labute approximate surface area is 140 Å². The summed E-state index contributed by atoms with van der Waals surface area (Å²) >= 11 is 6.22. The summed E-state index contributed by atoms with van der Waals surface area (Å²) in [6, 6.07) is 9.17. The molecule has 0 unspecified atom stereocenters. The van der Waals surface area contributed by atoms with Crippen LogP contribution in [0, 0.1) is 12.8 Å². The molecule has 0 bridgehead atoms. The van der Waals surface area contributed by atoms with Crippen LogP contribution in [0.15, 0.2) is 30.3 Å². The highest BCUT2D eigenvalue weighted by molar-refractivity contribution is 6.32. The number of carbonyl (C=O) groups excluding carboxylic acids is 1. The molecular weight excluding hydrogens is 314 g/mol. The van der Waals surface area contributed by atoms with Crippen LogP contribution >= 0.6 is 11.6 Å². The van der Waals surface area contributed by atoms with Gasteiger partial charge in [-0.2, -0.15) is 5.10 Å². The smallest absolute Gasteiger partial charge is 0.274 e. The maximum Gasteiger partial charge on any atom is 0.274 e. The van der Waals surface area contributed by atoms with Crippen molar-refractivity contribution in [2.75, 3.05) is 19.7 Å². The first kappa shape index (κ1) is 16.0. The maximum absolute atomic E-state index is 12.7. The molecule has 1 aliphatic rings. The Balaban J connectivity index is 1.86. The van der Waals surface area contributed by atoms with E-state index in [1.807, 2.05) is 25.1 Å². The monoisotopic (exact) mass is 333 g/mol. The second-order valence-corrected chi connectivity index (χ2v) is 6.36. The highest BCUT2D eigenvalue weighted by atomic mass is 35.5. The number of hydrogen-bond donors (Lipinski definition) is 1. The van der Waals surface area contributed by atoms with Gasteiger partial charge in [-0.15, -0.1) is 0 Å². The lowest BCUT2D eigenvalue weighted by atomic mass is 10.3. The van der Waals surface area contributed by atoms with Gasteiger partial charge < -0.3 is 10.0 Å². The number of aliphatic hydroxyl groups is 1. The van der Waals surface area contributed by atoms with E-state index in [-0.39, 0.29) is 12.5 Å². The lowest BCUT2D eigenvalue weighted by molar-refractivity contribution is 0.0706. The Hall–Kier alpha value is -1.85. The Morgan fingerprint density at radius 3 is 2.83 bits per heavy atom. The topological polar surface area (TPSA) is 58.4 Å². The van der Waals surface area contributed by atoms with E-state index < -0.39 is 0 Å². The van der Waals surface area contributed by atoms with Crippen LogP contribution in [-0.2, 0) is 0 Å². The minimum absolute atomic E-state index is 0.0390. The van der Waals surface area contributed by atoms with Crippen molar-refractivity contribution in [3.63, 3.8) is 0 Å². The number of aliphatic hydroxyl groups excluding tert-OH is 1. The maximum atomic E-state index is 12.7. The number of benzene rings is 1. The highest BCUT2D eigenvalue weighted by Gasteiger charge is 2.28. The van der Waals surface area contributed by atoms with E-state index in [0.29, 0.717) is 29.7 Å². The number of para-hydroxylation sites is 1. The van der Waals surface area contributed by atoms with Crippen LogP contribution in [0.5, 0.6) is 0 Å². The molecule has 2 aromatic rings. The second-order valence-electron chi connectivity index (χ2n) is 5.95. The minimum atomic E-state index is -0.139. The fraction of sp³-hybridized carbons (Fsp3) is 0.412. The van der Waals surface area contributed by atoms with Crippen LogP contribution in [0.3, 0.4) is 0 Å². The van der Waals surface area contributed by atoms with E-state index >= 15 is 0 Å². The first-order chi connectivity index (χ1) is 11.1.